The Bertz CT molecular complexity index is 696. The number of nitrogens with zero attached hydrogens (tertiary/aromatic N) is 2. The molecular weight excluding hydrogens is 278 g/mol. The van der Waals surface area contributed by atoms with Gasteiger partial charge in [0.15, 0.2) is 5.13 Å². The molecule has 5 heteroatoms. The molecule has 0 bridgehead atoms. The summed E-state index contributed by atoms with van der Waals surface area (Å²) in [5.41, 5.74) is 2.11. The van der Waals surface area contributed by atoms with Gasteiger partial charge in [-0.25, -0.2) is 4.98 Å². The van der Waals surface area contributed by atoms with Gasteiger partial charge in [0, 0.05) is 17.4 Å². The van der Waals surface area contributed by atoms with Crippen molar-refractivity contribution in [1.29, 1.82) is 0 Å². The van der Waals surface area contributed by atoms with Crippen LogP contribution in [0.4, 0.5) is 5.13 Å². The van der Waals surface area contributed by atoms with Crippen molar-refractivity contribution in [2.24, 2.45) is 0 Å². The minimum atomic E-state index is 0.171. The van der Waals surface area contributed by atoms with Crippen LogP contribution in [0.25, 0.3) is 10.2 Å². The van der Waals surface area contributed by atoms with E-state index in [1.165, 1.54) is 0 Å². The molecule has 0 saturated carbocycles. The predicted molar refractivity (Wildman–Crippen MR) is 80.9 cm³/mol. The Morgan fingerprint density at radius 1 is 1.32 bits per heavy atom. The molecule has 2 aromatic heterocycles. The maximum absolute atomic E-state index is 5.98. The monoisotopic (exact) mass is 289 g/mol. The Morgan fingerprint density at radius 3 is 3.00 bits per heavy atom. The number of pyridine rings is 1. The third kappa shape index (κ3) is 2.69. The molecule has 1 unspecified atom stereocenters. The van der Waals surface area contributed by atoms with E-state index in [4.69, 9.17) is 11.6 Å². The Balaban J connectivity index is 1.85. The van der Waals surface area contributed by atoms with Crippen molar-refractivity contribution >= 4 is 38.3 Å². The van der Waals surface area contributed by atoms with Crippen LogP contribution < -0.4 is 5.32 Å². The van der Waals surface area contributed by atoms with Crippen LogP contribution in [0.15, 0.2) is 42.7 Å². The topological polar surface area (TPSA) is 37.8 Å². The molecule has 3 aromatic rings. The van der Waals surface area contributed by atoms with Gasteiger partial charge in [-0.1, -0.05) is 29.0 Å². The fourth-order valence-corrected chi connectivity index (χ4v) is 3.09. The van der Waals surface area contributed by atoms with Gasteiger partial charge in [0.25, 0.3) is 0 Å². The van der Waals surface area contributed by atoms with Crippen LogP contribution in [0.1, 0.15) is 18.5 Å². The number of anilines is 1. The third-order valence-electron chi connectivity index (χ3n) is 2.87. The number of rotatable bonds is 3. The lowest BCUT2D eigenvalue weighted by Crippen LogP contribution is -2.06. The van der Waals surface area contributed by atoms with E-state index in [1.54, 1.807) is 17.5 Å². The van der Waals surface area contributed by atoms with Crippen molar-refractivity contribution in [3.05, 3.63) is 53.3 Å². The number of hydrogen-bond acceptors (Lipinski definition) is 4. The number of aromatic nitrogens is 2. The molecule has 1 aromatic carbocycles. The van der Waals surface area contributed by atoms with Gasteiger partial charge in [-0.2, -0.15) is 0 Å². The maximum atomic E-state index is 5.98. The quantitative estimate of drug-likeness (QED) is 0.770. The van der Waals surface area contributed by atoms with Gasteiger partial charge in [-0.3, -0.25) is 4.98 Å². The minimum Gasteiger partial charge on any atom is -0.355 e. The lowest BCUT2D eigenvalue weighted by atomic mass is 10.1. The zero-order valence-corrected chi connectivity index (χ0v) is 11.9. The molecule has 0 aliphatic carbocycles. The number of benzene rings is 1. The summed E-state index contributed by atoms with van der Waals surface area (Å²) in [6, 6.07) is 9.89. The molecule has 19 heavy (non-hydrogen) atoms. The highest BCUT2D eigenvalue weighted by Gasteiger charge is 2.09. The van der Waals surface area contributed by atoms with E-state index >= 15 is 0 Å². The van der Waals surface area contributed by atoms with Gasteiger partial charge in [0.1, 0.15) is 0 Å². The highest BCUT2D eigenvalue weighted by Crippen LogP contribution is 2.30. The molecular formula is C14H12ClN3S. The second-order valence-electron chi connectivity index (χ2n) is 4.28. The van der Waals surface area contributed by atoms with Crippen molar-refractivity contribution in [3.63, 3.8) is 0 Å². The van der Waals surface area contributed by atoms with E-state index in [0.29, 0.717) is 0 Å². The van der Waals surface area contributed by atoms with Crippen molar-refractivity contribution in [1.82, 2.24) is 9.97 Å². The van der Waals surface area contributed by atoms with Crippen LogP contribution in [0.2, 0.25) is 5.02 Å². The van der Waals surface area contributed by atoms with E-state index in [2.05, 4.69) is 28.3 Å². The van der Waals surface area contributed by atoms with Crippen LogP contribution in [0.3, 0.4) is 0 Å². The zero-order chi connectivity index (χ0) is 13.2. The molecule has 0 radical (unpaired) electrons. The number of thiazole rings is 1. The SMILES string of the molecule is CC(Nc1nc2ccc(Cl)cc2s1)c1cccnc1. The normalized spacial score (nSPS) is 12.5. The average Bonchev–Trinajstić information content (AvgIpc) is 2.81. The average molecular weight is 290 g/mol. The largest absolute Gasteiger partial charge is 0.355 e. The summed E-state index contributed by atoms with van der Waals surface area (Å²) in [6.07, 6.45) is 3.64. The van der Waals surface area contributed by atoms with E-state index < -0.39 is 0 Å². The molecule has 96 valence electrons. The summed E-state index contributed by atoms with van der Waals surface area (Å²) in [7, 11) is 0. The fraction of sp³-hybridized carbons (Fsp3) is 0.143. The van der Waals surface area contributed by atoms with E-state index in [1.807, 2.05) is 30.5 Å². The van der Waals surface area contributed by atoms with E-state index in [-0.39, 0.29) is 6.04 Å². The lowest BCUT2D eigenvalue weighted by molar-refractivity contribution is 0.874. The van der Waals surface area contributed by atoms with Gasteiger partial charge in [0.05, 0.1) is 16.3 Å². The summed E-state index contributed by atoms with van der Waals surface area (Å²) >= 11 is 7.59. The van der Waals surface area contributed by atoms with Gasteiger partial charge >= 0.3 is 0 Å². The van der Waals surface area contributed by atoms with Crippen LogP contribution in [-0.2, 0) is 0 Å². The molecule has 1 atom stereocenters. The Labute approximate surface area is 120 Å². The van der Waals surface area contributed by atoms with E-state index in [0.717, 1.165) is 25.9 Å². The molecule has 0 spiro atoms. The Kier molecular flexibility index (Phi) is 3.36. The first-order chi connectivity index (χ1) is 9.22. The predicted octanol–water partition coefficient (Wildman–Crippen LogP) is 4.52. The van der Waals surface area contributed by atoms with Gasteiger partial charge in [-0.05, 0) is 36.8 Å². The van der Waals surface area contributed by atoms with Crippen LogP contribution in [0, 0.1) is 0 Å². The summed E-state index contributed by atoms with van der Waals surface area (Å²) in [5.74, 6) is 0. The first kappa shape index (κ1) is 12.4. The zero-order valence-electron chi connectivity index (χ0n) is 10.3. The smallest absolute Gasteiger partial charge is 0.184 e. The second kappa shape index (κ2) is 5.15. The lowest BCUT2D eigenvalue weighted by Gasteiger charge is -2.12. The number of nitrogens with one attached hydrogen (secondary N) is 1. The van der Waals surface area contributed by atoms with Crippen LogP contribution in [-0.4, -0.2) is 9.97 Å². The molecule has 0 aliphatic rings. The molecule has 3 nitrogen and oxygen atoms in total. The first-order valence-corrected chi connectivity index (χ1v) is 7.14. The molecule has 0 aliphatic heterocycles. The van der Waals surface area contributed by atoms with Gasteiger partial charge < -0.3 is 5.32 Å². The summed E-state index contributed by atoms with van der Waals surface area (Å²) in [4.78, 5) is 8.67. The third-order valence-corrected chi connectivity index (χ3v) is 4.06. The van der Waals surface area contributed by atoms with Crippen molar-refractivity contribution in [2.45, 2.75) is 13.0 Å². The van der Waals surface area contributed by atoms with Gasteiger partial charge in [0.2, 0.25) is 0 Å². The Morgan fingerprint density at radius 2 is 2.21 bits per heavy atom. The Hall–Kier alpha value is -1.65. The number of fused-ring (bicyclic) bond motifs is 1. The summed E-state index contributed by atoms with van der Waals surface area (Å²) in [6.45, 7) is 2.09. The molecule has 0 fully saturated rings. The molecule has 0 saturated heterocycles. The maximum Gasteiger partial charge on any atom is 0.184 e. The molecule has 3 rings (SSSR count). The first-order valence-electron chi connectivity index (χ1n) is 5.95. The van der Waals surface area contributed by atoms with Crippen LogP contribution in [0.5, 0.6) is 0 Å². The van der Waals surface area contributed by atoms with Crippen LogP contribution >= 0.6 is 22.9 Å². The molecule has 2 heterocycles. The standard InChI is InChI=1S/C14H12ClN3S/c1-9(10-3-2-6-16-8-10)17-14-18-12-5-4-11(15)7-13(12)19-14/h2-9H,1H3,(H,17,18). The van der Waals surface area contributed by atoms with E-state index in [9.17, 15) is 0 Å². The number of hydrogen-bond donors (Lipinski definition) is 1. The van der Waals surface area contributed by atoms with Crippen molar-refractivity contribution in [2.75, 3.05) is 5.32 Å². The second-order valence-corrected chi connectivity index (χ2v) is 5.75. The summed E-state index contributed by atoms with van der Waals surface area (Å²) in [5, 5.41) is 5.03. The fourth-order valence-electron chi connectivity index (χ4n) is 1.86. The minimum absolute atomic E-state index is 0.171. The van der Waals surface area contributed by atoms with Crippen molar-refractivity contribution in [3.8, 4) is 0 Å². The molecule has 1 N–H and O–H groups in total. The highest BCUT2D eigenvalue weighted by atomic mass is 35.5. The van der Waals surface area contributed by atoms with Crippen molar-refractivity contribution < 1.29 is 0 Å². The molecule has 0 amide bonds. The highest BCUT2D eigenvalue weighted by molar-refractivity contribution is 7.22. The summed E-state index contributed by atoms with van der Waals surface area (Å²) < 4.78 is 1.09. The van der Waals surface area contributed by atoms with Gasteiger partial charge in [-0.15, -0.1) is 0 Å². The number of halogens is 1.